The van der Waals surface area contributed by atoms with E-state index in [9.17, 15) is 9.59 Å². The first kappa shape index (κ1) is 11.6. The van der Waals surface area contributed by atoms with Crippen molar-refractivity contribution < 1.29 is 9.59 Å². The van der Waals surface area contributed by atoms with Gasteiger partial charge in [-0.25, -0.2) is 0 Å². The van der Waals surface area contributed by atoms with E-state index in [1.807, 2.05) is 30.3 Å². The van der Waals surface area contributed by atoms with E-state index in [2.05, 4.69) is 25.9 Å². The summed E-state index contributed by atoms with van der Waals surface area (Å²) in [5.74, 6) is -1.55. The molecule has 0 saturated heterocycles. The Morgan fingerprint density at radius 3 is 2.67 bits per heavy atom. The molecular weight excluding hydrogens is 234 g/mol. The molecule has 7 nitrogen and oxygen atoms in total. The van der Waals surface area contributed by atoms with E-state index in [0.29, 0.717) is 0 Å². The summed E-state index contributed by atoms with van der Waals surface area (Å²) in [6.45, 7) is 0. The molecule has 1 aromatic carbocycles. The third-order valence-corrected chi connectivity index (χ3v) is 2.02. The molecule has 0 saturated carbocycles. The number of benzene rings is 1. The van der Waals surface area contributed by atoms with Crippen LogP contribution in [0.5, 0.6) is 0 Å². The van der Waals surface area contributed by atoms with E-state index in [1.54, 1.807) is 6.08 Å². The van der Waals surface area contributed by atoms with Gasteiger partial charge >= 0.3 is 0 Å². The van der Waals surface area contributed by atoms with Crippen molar-refractivity contribution in [2.45, 2.75) is 0 Å². The van der Waals surface area contributed by atoms with Gasteiger partial charge in [-0.1, -0.05) is 41.5 Å². The molecule has 1 aromatic heterocycles. The van der Waals surface area contributed by atoms with E-state index in [4.69, 9.17) is 0 Å². The van der Waals surface area contributed by atoms with Gasteiger partial charge in [0.1, 0.15) is 0 Å². The van der Waals surface area contributed by atoms with Crippen molar-refractivity contribution in [3.63, 3.8) is 0 Å². The van der Waals surface area contributed by atoms with E-state index < -0.39 is 11.7 Å². The molecule has 1 amide bonds. The molecule has 0 aliphatic rings. The molecular formula is C11H9N5O2. The normalized spacial score (nSPS) is 10.4. The van der Waals surface area contributed by atoms with Gasteiger partial charge in [0.15, 0.2) is 0 Å². The van der Waals surface area contributed by atoms with Gasteiger partial charge in [-0.3, -0.25) is 14.9 Å². The average molecular weight is 243 g/mol. The lowest BCUT2D eigenvalue weighted by molar-refractivity contribution is -0.131. The first-order chi connectivity index (χ1) is 8.75. The van der Waals surface area contributed by atoms with Crippen molar-refractivity contribution in [1.82, 2.24) is 20.6 Å². The standard InChI is InChI=1S/C11H9N5O2/c17-9(7-6-8-4-2-1-3-5-8)10(18)12-11-13-15-16-14-11/h1-7H,(H2,12,13,14,15,16,18). The number of aromatic nitrogens is 4. The van der Waals surface area contributed by atoms with Gasteiger partial charge in [-0.05, 0) is 16.9 Å². The van der Waals surface area contributed by atoms with Crippen LogP contribution in [0.4, 0.5) is 5.95 Å². The minimum Gasteiger partial charge on any atom is -0.285 e. The number of H-pyrrole nitrogens is 1. The zero-order valence-electron chi connectivity index (χ0n) is 9.20. The van der Waals surface area contributed by atoms with Crippen LogP contribution in [0.2, 0.25) is 0 Å². The summed E-state index contributed by atoms with van der Waals surface area (Å²) in [5, 5.41) is 14.6. The van der Waals surface area contributed by atoms with Gasteiger partial charge in [0.25, 0.3) is 11.9 Å². The number of hydrogen-bond acceptors (Lipinski definition) is 5. The highest BCUT2D eigenvalue weighted by atomic mass is 16.2. The van der Waals surface area contributed by atoms with E-state index in [-0.39, 0.29) is 5.95 Å². The molecule has 0 atom stereocenters. The lowest BCUT2D eigenvalue weighted by Crippen LogP contribution is -2.21. The maximum absolute atomic E-state index is 11.5. The lowest BCUT2D eigenvalue weighted by Gasteiger charge is -1.95. The minimum absolute atomic E-state index is 0.0403. The molecule has 0 spiro atoms. The lowest BCUT2D eigenvalue weighted by atomic mass is 10.2. The minimum atomic E-state index is -0.816. The van der Waals surface area contributed by atoms with Gasteiger partial charge in [-0.2, -0.15) is 5.21 Å². The van der Waals surface area contributed by atoms with Crippen LogP contribution in [0.3, 0.4) is 0 Å². The number of rotatable bonds is 4. The molecule has 2 rings (SSSR count). The maximum Gasteiger partial charge on any atom is 0.298 e. The fourth-order valence-corrected chi connectivity index (χ4v) is 1.19. The Morgan fingerprint density at radius 2 is 2.00 bits per heavy atom. The highest BCUT2D eigenvalue weighted by Gasteiger charge is 2.12. The van der Waals surface area contributed by atoms with Crippen LogP contribution in [-0.2, 0) is 9.59 Å². The molecule has 0 radical (unpaired) electrons. The van der Waals surface area contributed by atoms with Crippen LogP contribution in [0.1, 0.15) is 5.56 Å². The number of nitrogens with one attached hydrogen (secondary N) is 2. The van der Waals surface area contributed by atoms with Crippen LogP contribution in [0.25, 0.3) is 6.08 Å². The zero-order valence-corrected chi connectivity index (χ0v) is 9.20. The summed E-state index contributed by atoms with van der Waals surface area (Å²) in [7, 11) is 0. The Morgan fingerprint density at radius 1 is 1.22 bits per heavy atom. The number of nitrogens with zero attached hydrogens (tertiary/aromatic N) is 3. The number of carbonyl (C=O) groups excluding carboxylic acids is 2. The summed E-state index contributed by atoms with van der Waals surface area (Å²) < 4.78 is 0. The third kappa shape index (κ3) is 3.08. The van der Waals surface area contributed by atoms with Gasteiger partial charge in [0.2, 0.25) is 5.78 Å². The number of ketones is 1. The van der Waals surface area contributed by atoms with Crippen molar-refractivity contribution >= 4 is 23.7 Å². The SMILES string of the molecule is O=C(C=Cc1ccccc1)C(=O)Nc1nn[nH]n1. The van der Waals surface area contributed by atoms with Gasteiger partial charge < -0.3 is 0 Å². The van der Waals surface area contributed by atoms with E-state index >= 15 is 0 Å². The number of amides is 1. The molecule has 7 heteroatoms. The largest absolute Gasteiger partial charge is 0.298 e. The number of anilines is 1. The number of aromatic amines is 1. The fourth-order valence-electron chi connectivity index (χ4n) is 1.19. The predicted molar refractivity (Wildman–Crippen MR) is 63.3 cm³/mol. The molecule has 18 heavy (non-hydrogen) atoms. The van der Waals surface area contributed by atoms with Crippen molar-refractivity contribution in [3.05, 3.63) is 42.0 Å². The first-order valence-electron chi connectivity index (χ1n) is 5.07. The number of hydrogen-bond donors (Lipinski definition) is 2. The second-order valence-electron chi connectivity index (χ2n) is 3.30. The molecule has 0 aliphatic carbocycles. The first-order valence-corrected chi connectivity index (χ1v) is 5.07. The topological polar surface area (TPSA) is 101 Å². The number of tetrazole rings is 1. The van der Waals surface area contributed by atoms with Crippen LogP contribution < -0.4 is 5.32 Å². The quantitative estimate of drug-likeness (QED) is 0.598. The molecule has 0 bridgehead atoms. The van der Waals surface area contributed by atoms with Crippen LogP contribution in [0, 0.1) is 0 Å². The van der Waals surface area contributed by atoms with Crippen molar-refractivity contribution in [1.29, 1.82) is 0 Å². The summed E-state index contributed by atoms with van der Waals surface area (Å²) >= 11 is 0. The molecule has 90 valence electrons. The summed E-state index contributed by atoms with van der Waals surface area (Å²) in [6.07, 6.45) is 2.74. The Hall–Kier alpha value is -2.83. The van der Waals surface area contributed by atoms with Crippen LogP contribution >= 0.6 is 0 Å². The van der Waals surface area contributed by atoms with Crippen molar-refractivity contribution in [3.8, 4) is 0 Å². The zero-order chi connectivity index (χ0) is 12.8. The maximum atomic E-state index is 11.5. The summed E-state index contributed by atoms with van der Waals surface area (Å²) in [5.41, 5.74) is 0.832. The van der Waals surface area contributed by atoms with Gasteiger partial charge in [0.05, 0.1) is 0 Å². The Balaban J connectivity index is 1.96. The monoisotopic (exact) mass is 243 g/mol. The Labute approximate surface area is 102 Å². The summed E-state index contributed by atoms with van der Waals surface area (Å²) in [4.78, 5) is 22.9. The molecule has 0 aliphatic heterocycles. The Bertz CT molecular complexity index is 562. The molecule has 0 fully saturated rings. The smallest absolute Gasteiger partial charge is 0.285 e. The Kier molecular flexibility index (Phi) is 3.55. The van der Waals surface area contributed by atoms with Gasteiger partial charge in [0, 0.05) is 0 Å². The van der Waals surface area contributed by atoms with Crippen LogP contribution in [0.15, 0.2) is 36.4 Å². The molecule has 0 unspecified atom stereocenters. The van der Waals surface area contributed by atoms with E-state index in [1.165, 1.54) is 6.08 Å². The second-order valence-corrected chi connectivity index (χ2v) is 3.30. The predicted octanol–water partition coefficient (Wildman–Crippen LogP) is 0.421. The highest BCUT2D eigenvalue weighted by molar-refractivity contribution is 6.45. The third-order valence-electron chi connectivity index (χ3n) is 2.02. The van der Waals surface area contributed by atoms with Crippen molar-refractivity contribution in [2.24, 2.45) is 0 Å². The fraction of sp³-hybridized carbons (Fsp3) is 0. The second kappa shape index (κ2) is 5.48. The average Bonchev–Trinajstić information content (AvgIpc) is 2.90. The van der Waals surface area contributed by atoms with Crippen LogP contribution in [-0.4, -0.2) is 32.3 Å². The molecule has 2 aromatic rings. The summed E-state index contributed by atoms with van der Waals surface area (Å²) in [6, 6.07) is 9.18. The van der Waals surface area contributed by atoms with Crippen molar-refractivity contribution in [2.75, 3.05) is 5.32 Å². The van der Waals surface area contributed by atoms with Gasteiger partial charge in [-0.15, -0.1) is 5.10 Å². The molecule has 2 N–H and O–H groups in total. The molecule has 1 heterocycles. The number of carbonyl (C=O) groups is 2. The van der Waals surface area contributed by atoms with E-state index in [0.717, 1.165) is 5.56 Å². The highest BCUT2D eigenvalue weighted by Crippen LogP contribution is 2.01.